The molecular formula is C23H32N4O. The number of rotatable bonds is 5. The first-order valence-corrected chi connectivity index (χ1v) is 10.6. The van der Waals surface area contributed by atoms with Gasteiger partial charge in [0.2, 0.25) is 0 Å². The number of hydrogen-bond donors (Lipinski definition) is 2. The number of carbonyl (C=O) groups is 1. The summed E-state index contributed by atoms with van der Waals surface area (Å²) in [5.41, 5.74) is 2.87. The van der Waals surface area contributed by atoms with Crippen molar-refractivity contribution >= 4 is 5.91 Å². The van der Waals surface area contributed by atoms with Crippen LogP contribution in [0.2, 0.25) is 0 Å². The molecule has 2 aromatic rings. The van der Waals surface area contributed by atoms with Gasteiger partial charge in [0, 0.05) is 30.0 Å². The average Bonchev–Trinajstić information content (AvgIpc) is 3.25. The van der Waals surface area contributed by atoms with Gasteiger partial charge in [-0.05, 0) is 64.5 Å². The average molecular weight is 381 g/mol. The molecule has 5 nitrogen and oxygen atoms in total. The first kappa shape index (κ1) is 19.2. The molecule has 1 aromatic heterocycles. The third kappa shape index (κ3) is 4.01. The van der Waals surface area contributed by atoms with Gasteiger partial charge < -0.3 is 15.2 Å². The number of piperidine rings is 2. The summed E-state index contributed by atoms with van der Waals surface area (Å²) in [7, 11) is 2.20. The van der Waals surface area contributed by atoms with Crippen LogP contribution < -0.4 is 5.32 Å². The lowest BCUT2D eigenvalue weighted by Gasteiger charge is -2.50. The van der Waals surface area contributed by atoms with Crippen molar-refractivity contribution in [3.8, 4) is 11.1 Å². The number of benzene rings is 1. The Bertz CT molecular complexity index is 771. The highest BCUT2D eigenvalue weighted by Gasteiger charge is 2.40. The molecule has 2 aliphatic rings. The number of carbonyl (C=O) groups excluding carboxylic acids is 1. The molecule has 0 bridgehead atoms. The quantitative estimate of drug-likeness (QED) is 0.836. The standard InChI is InChI=1S/C23H32N4O/c1-26-14-10-23(11-15-26,27-12-6-3-7-13-27)18-25-22(28)21-17-24-16-20(21)19-8-4-2-5-9-19/h2,4-5,8-9,16-17,24H,3,6-7,10-15,18H2,1H3,(H,25,28). The molecule has 2 aliphatic heterocycles. The summed E-state index contributed by atoms with van der Waals surface area (Å²) in [6.07, 6.45) is 9.89. The van der Waals surface area contributed by atoms with E-state index in [0.29, 0.717) is 0 Å². The number of likely N-dealkylation sites (tertiary alicyclic amines) is 2. The van der Waals surface area contributed by atoms with Gasteiger partial charge in [0.1, 0.15) is 0 Å². The number of nitrogens with one attached hydrogen (secondary N) is 2. The van der Waals surface area contributed by atoms with Crippen molar-refractivity contribution in [1.82, 2.24) is 20.1 Å². The number of hydrogen-bond acceptors (Lipinski definition) is 3. The lowest BCUT2D eigenvalue weighted by atomic mass is 9.84. The zero-order chi connectivity index (χ0) is 19.4. The molecule has 0 spiro atoms. The predicted molar refractivity (Wildman–Crippen MR) is 113 cm³/mol. The van der Waals surface area contributed by atoms with Gasteiger partial charge in [-0.25, -0.2) is 0 Å². The molecule has 2 saturated heterocycles. The van der Waals surface area contributed by atoms with Gasteiger partial charge in [0.15, 0.2) is 0 Å². The zero-order valence-corrected chi connectivity index (χ0v) is 16.9. The summed E-state index contributed by atoms with van der Waals surface area (Å²) in [6.45, 7) is 5.27. The van der Waals surface area contributed by atoms with Crippen LogP contribution in [0.3, 0.4) is 0 Å². The smallest absolute Gasteiger partial charge is 0.253 e. The Morgan fingerprint density at radius 3 is 2.46 bits per heavy atom. The van der Waals surface area contributed by atoms with Crippen LogP contribution in [-0.4, -0.2) is 66.0 Å². The number of aromatic amines is 1. The summed E-state index contributed by atoms with van der Waals surface area (Å²) in [4.78, 5) is 21.3. The Balaban J connectivity index is 1.49. The van der Waals surface area contributed by atoms with Crippen molar-refractivity contribution in [2.45, 2.75) is 37.6 Å². The molecule has 1 amide bonds. The van der Waals surface area contributed by atoms with E-state index >= 15 is 0 Å². The van der Waals surface area contributed by atoms with Gasteiger partial charge in [-0.3, -0.25) is 9.69 Å². The number of nitrogens with zero attached hydrogens (tertiary/aromatic N) is 2. The number of H-pyrrole nitrogens is 1. The SMILES string of the molecule is CN1CCC(CNC(=O)c2c[nH]cc2-c2ccccc2)(N2CCCCC2)CC1. The monoisotopic (exact) mass is 380 g/mol. The Morgan fingerprint density at radius 2 is 1.75 bits per heavy atom. The van der Waals surface area contributed by atoms with E-state index in [1.54, 1.807) is 0 Å². The molecule has 3 heterocycles. The minimum Gasteiger partial charge on any atom is -0.366 e. The van der Waals surface area contributed by atoms with Crippen LogP contribution in [0.15, 0.2) is 42.7 Å². The first-order chi connectivity index (χ1) is 13.7. The maximum Gasteiger partial charge on any atom is 0.253 e. The molecule has 2 fully saturated rings. The van der Waals surface area contributed by atoms with Crippen LogP contribution in [0.25, 0.3) is 11.1 Å². The minimum absolute atomic E-state index is 0.0235. The van der Waals surface area contributed by atoms with Gasteiger partial charge in [-0.2, -0.15) is 0 Å². The molecule has 5 heteroatoms. The molecule has 4 rings (SSSR count). The van der Waals surface area contributed by atoms with E-state index in [4.69, 9.17) is 0 Å². The molecule has 0 atom stereocenters. The van der Waals surface area contributed by atoms with Crippen molar-refractivity contribution in [3.05, 3.63) is 48.3 Å². The summed E-state index contributed by atoms with van der Waals surface area (Å²) < 4.78 is 0. The molecule has 0 saturated carbocycles. The second-order valence-corrected chi connectivity index (χ2v) is 8.41. The van der Waals surface area contributed by atoms with Crippen LogP contribution in [0.1, 0.15) is 42.5 Å². The number of aromatic nitrogens is 1. The van der Waals surface area contributed by atoms with Crippen LogP contribution in [0.4, 0.5) is 0 Å². The topological polar surface area (TPSA) is 51.4 Å². The van der Waals surface area contributed by atoms with Crippen molar-refractivity contribution in [3.63, 3.8) is 0 Å². The van der Waals surface area contributed by atoms with Crippen molar-refractivity contribution in [1.29, 1.82) is 0 Å². The second kappa shape index (κ2) is 8.50. The van der Waals surface area contributed by atoms with E-state index in [9.17, 15) is 4.79 Å². The van der Waals surface area contributed by atoms with Crippen LogP contribution in [0.5, 0.6) is 0 Å². The minimum atomic E-state index is 0.0235. The summed E-state index contributed by atoms with van der Waals surface area (Å²) in [5.74, 6) is 0.0235. The lowest BCUT2D eigenvalue weighted by molar-refractivity contribution is 0.0145. The van der Waals surface area contributed by atoms with E-state index < -0.39 is 0 Å². The summed E-state index contributed by atoms with van der Waals surface area (Å²) in [6, 6.07) is 10.1. The van der Waals surface area contributed by atoms with Crippen LogP contribution >= 0.6 is 0 Å². The maximum absolute atomic E-state index is 13.1. The van der Waals surface area contributed by atoms with Gasteiger partial charge in [-0.1, -0.05) is 36.8 Å². The molecule has 0 unspecified atom stereocenters. The van der Waals surface area contributed by atoms with Gasteiger partial charge in [0.25, 0.3) is 5.91 Å². The third-order valence-corrected chi connectivity index (χ3v) is 6.60. The van der Waals surface area contributed by atoms with E-state index in [1.807, 2.05) is 42.7 Å². The lowest BCUT2D eigenvalue weighted by Crippen LogP contribution is -2.61. The van der Waals surface area contributed by atoms with Crippen molar-refractivity contribution in [2.75, 3.05) is 39.8 Å². The molecule has 0 radical (unpaired) electrons. The fraction of sp³-hybridized carbons (Fsp3) is 0.522. The Kier molecular flexibility index (Phi) is 5.83. The third-order valence-electron chi connectivity index (χ3n) is 6.60. The Labute approximate surface area is 168 Å². The fourth-order valence-electron chi connectivity index (χ4n) is 4.76. The number of amides is 1. The second-order valence-electron chi connectivity index (χ2n) is 8.41. The molecule has 2 N–H and O–H groups in total. The predicted octanol–water partition coefficient (Wildman–Crippen LogP) is 3.36. The zero-order valence-electron chi connectivity index (χ0n) is 16.9. The first-order valence-electron chi connectivity index (χ1n) is 10.6. The van der Waals surface area contributed by atoms with E-state index in [-0.39, 0.29) is 11.4 Å². The van der Waals surface area contributed by atoms with Gasteiger partial charge in [-0.15, -0.1) is 0 Å². The molecular weight excluding hydrogens is 348 g/mol. The highest BCUT2D eigenvalue weighted by molar-refractivity contribution is 6.00. The van der Waals surface area contributed by atoms with Crippen molar-refractivity contribution < 1.29 is 4.79 Å². The van der Waals surface area contributed by atoms with Crippen LogP contribution in [-0.2, 0) is 0 Å². The summed E-state index contributed by atoms with van der Waals surface area (Å²) in [5, 5.41) is 3.30. The highest BCUT2D eigenvalue weighted by Crippen LogP contribution is 2.31. The van der Waals surface area contributed by atoms with E-state index in [1.165, 1.54) is 32.4 Å². The van der Waals surface area contributed by atoms with E-state index in [0.717, 1.165) is 49.2 Å². The van der Waals surface area contributed by atoms with Crippen molar-refractivity contribution in [2.24, 2.45) is 0 Å². The Hall–Kier alpha value is -2.11. The molecule has 1 aromatic carbocycles. The van der Waals surface area contributed by atoms with E-state index in [2.05, 4.69) is 27.1 Å². The van der Waals surface area contributed by atoms with Gasteiger partial charge in [0.05, 0.1) is 5.56 Å². The normalized spacial score (nSPS) is 20.8. The molecule has 150 valence electrons. The van der Waals surface area contributed by atoms with Gasteiger partial charge >= 0.3 is 0 Å². The summed E-state index contributed by atoms with van der Waals surface area (Å²) >= 11 is 0. The largest absolute Gasteiger partial charge is 0.366 e. The highest BCUT2D eigenvalue weighted by atomic mass is 16.1. The fourth-order valence-corrected chi connectivity index (χ4v) is 4.76. The Morgan fingerprint density at radius 1 is 1.04 bits per heavy atom. The molecule has 0 aliphatic carbocycles. The maximum atomic E-state index is 13.1. The van der Waals surface area contributed by atoms with Crippen LogP contribution in [0, 0.1) is 0 Å². The molecule has 28 heavy (non-hydrogen) atoms.